The summed E-state index contributed by atoms with van der Waals surface area (Å²) < 4.78 is 5.50. The minimum Gasteiger partial charge on any atom is -0.491 e. The van der Waals surface area contributed by atoms with Gasteiger partial charge in [-0.15, -0.1) is 0 Å². The fourth-order valence-corrected chi connectivity index (χ4v) is 2.23. The molecule has 3 N–H and O–H groups in total. The number of aryl methyl sites for hydroxylation is 2. The Labute approximate surface area is 124 Å². The second-order valence-electron chi connectivity index (χ2n) is 4.88. The highest BCUT2D eigenvalue weighted by molar-refractivity contribution is 6.07. The third-order valence-electron chi connectivity index (χ3n) is 3.30. The lowest BCUT2D eigenvalue weighted by Gasteiger charge is -2.15. The predicted octanol–water partition coefficient (Wildman–Crippen LogP) is 3.54. The number of nitrogens with one attached hydrogen (secondary N) is 1. The average molecular weight is 284 g/mol. The van der Waals surface area contributed by atoms with Gasteiger partial charge in [-0.3, -0.25) is 4.79 Å². The van der Waals surface area contributed by atoms with E-state index in [-0.39, 0.29) is 5.91 Å². The summed E-state index contributed by atoms with van der Waals surface area (Å²) in [5.74, 6) is 0.215. The number of anilines is 2. The molecule has 2 aromatic carbocycles. The Hall–Kier alpha value is -2.49. The van der Waals surface area contributed by atoms with Crippen molar-refractivity contribution in [3.05, 3.63) is 53.1 Å². The van der Waals surface area contributed by atoms with Crippen molar-refractivity contribution >= 4 is 17.3 Å². The minimum absolute atomic E-state index is 0.219. The summed E-state index contributed by atoms with van der Waals surface area (Å²) in [6.45, 7) is 6.24. The number of carbonyl (C=O) groups excluding carboxylic acids is 1. The second-order valence-corrected chi connectivity index (χ2v) is 4.88. The van der Waals surface area contributed by atoms with Crippen LogP contribution < -0.4 is 15.8 Å². The van der Waals surface area contributed by atoms with Crippen molar-refractivity contribution in [2.45, 2.75) is 20.8 Å². The maximum absolute atomic E-state index is 12.5. The van der Waals surface area contributed by atoms with E-state index in [0.29, 0.717) is 23.6 Å². The van der Waals surface area contributed by atoms with E-state index >= 15 is 0 Å². The Bertz CT molecular complexity index is 646. The predicted molar refractivity (Wildman–Crippen MR) is 85.9 cm³/mol. The molecule has 0 saturated carbocycles. The first-order chi connectivity index (χ1) is 10.0. The van der Waals surface area contributed by atoms with Crippen LogP contribution in [0.25, 0.3) is 0 Å². The van der Waals surface area contributed by atoms with Crippen LogP contribution in [0.1, 0.15) is 28.4 Å². The molecule has 2 rings (SSSR count). The smallest absolute Gasteiger partial charge is 0.259 e. The van der Waals surface area contributed by atoms with Gasteiger partial charge in [0.05, 0.1) is 17.9 Å². The summed E-state index contributed by atoms with van der Waals surface area (Å²) in [5, 5.41) is 2.95. The zero-order valence-corrected chi connectivity index (χ0v) is 12.6. The highest BCUT2D eigenvalue weighted by Gasteiger charge is 2.16. The SMILES string of the molecule is CCOc1c(N)cccc1C(=O)Nc1c(C)cccc1C. The zero-order valence-electron chi connectivity index (χ0n) is 12.6. The number of carbonyl (C=O) groups is 1. The van der Waals surface area contributed by atoms with Crippen LogP contribution in [-0.4, -0.2) is 12.5 Å². The molecule has 0 aromatic heterocycles. The van der Waals surface area contributed by atoms with Gasteiger partial charge in [-0.05, 0) is 44.0 Å². The Balaban J connectivity index is 2.35. The van der Waals surface area contributed by atoms with E-state index in [9.17, 15) is 4.79 Å². The van der Waals surface area contributed by atoms with E-state index in [2.05, 4.69) is 5.32 Å². The largest absolute Gasteiger partial charge is 0.491 e. The molecule has 0 fully saturated rings. The third-order valence-corrected chi connectivity index (χ3v) is 3.30. The highest BCUT2D eigenvalue weighted by Crippen LogP contribution is 2.28. The van der Waals surface area contributed by atoms with Crippen LogP contribution in [-0.2, 0) is 0 Å². The summed E-state index contributed by atoms with van der Waals surface area (Å²) in [6, 6.07) is 11.1. The number of para-hydroxylation sites is 2. The van der Waals surface area contributed by atoms with Crippen LogP contribution in [0.3, 0.4) is 0 Å². The number of ether oxygens (including phenoxy) is 1. The summed E-state index contributed by atoms with van der Waals surface area (Å²) in [7, 11) is 0. The van der Waals surface area contributed by atoms with Crippen molar-refractivity contribution in [1.29, 1.82) is 0 Å². The van der Waals surface area contributed by atoms with E-state index in [0.717, 1.165) is 16.8 Å². The van der Waals surface area contributed by atoms with E-state index < -0.39 is 0 Å². The molecular formula is C17H20N2O2. The summed E-state index contributed by atoms with van der Waals surface area (Å²) >= 11 is 0. The van der Waals surface area contributed by atoms with E-state index in [1.54, 1.807) is 18.2 Å². The monoisotopic (exact) mass is 284 g/mol. The van der Waals surface area contributed by atoms with Gasteiger partial charge in [-0.1, -0.05) is 24.3 Å². The fourth-order valence-electron chi connectivity index (χ4n) is 2.23. The maximum Gasteiger partial charge on any atom is 0.259 e. The number of nitrogens with two attached hydrogens (primary N) is 1. The van der Waals surface area contributed by atoms with Gasteiger partial charge in [0.25, 0.3) is 5.91 Å². The van der Waals surface area contributed by atoms with Crippen molar-refractivity contribution in [3.63, 3.8) is 0 Å². The first kappa shape index (κ1) is 14.9. The van der Waals surface area contributed by atoms with Crippen molar-refractivity contribution in [3.8, 4) is 5.75 Å². The molecule has 2 aromatic rings. The quantitative estimate of drug-likeness (QED) is 0.844. The number of rotatable bonds is 4. The number of benzene rings is 2. The molecule has 0 saturated heterocycles. The molecule has 0 aliphatic carbocycles. The highest BCUT2D eigenvalue weighted by atomic mass is 16.5. The lowest BCUT2D eigenvalue weighted by atomic mass is 10.1. The number of hydrogen-bond donors (Lipinski definition) is 2. The number of hydrogen-bond acceptors (Lipinski definition) is 3. The molecule has 0 unspecified atom stereocenters. The van der Waals surface area contributed by atoms with Crippen molar-refractivity contribution in [2.75, 3.05) is 17.7 Å². The molecule has 0 radical (unpaired) electrons. The van der Waals surface area contributed by atoms with Crippen LogP contribution in [0, 0.1) is 13.8 Å². The van der Waals surface area contributed by atoms with Crippen LogP contribution in [0.4, 0.5) is 11.4 Å². The zero-order chi connectivity index (χ0) is 15.4. The van der Waals surface area contributed by atoms with E-state index in [1.165, 1.54) is 0 Å². The van der Waals surface area contributed by atoms with E-state index in [1.807, 2.05) is 39.0 Å². The van der Waals surface area contributed by atoms with Gasteiger partial charge in [-0.25, -0.2) is 0 Å². The van der Waals surface area contributed by atoms with Gasteiger partial charge in [0.1, 0.15) is 0 Å². The molecule has 0 bridgehead atoms. The van der Waals surface area contributed by atoms with Crippen molar-refractivity contribution in [2.24, 2.45) is 0 Å². The molecule has 4 heteroatoms. The summed E-state index contributed by atoms with van der Waals surface area (Å²) in [4.78, 5) is 12.5. The number of amides is 1. The van der Waals surface area contributed by atoms with Crippen molar-refractivity contribution in [1.82, 2.24) is 0 Å². The van der Waals surface area contributed by atoms with Gasteiger partial charge in [0.15, 0.2) is 5.75 Å². The van der Waals surface area contributed by atoms with Gasteiger partial charge < -0.3 is 15.8 Å². The third kappa shape index (κ3) is 3.16. The normalized spacial score (nSPS) is 10.2. The Morgan fingerprint density at radius 2 is 1.76 bits per heavy atom. The van der Waals surface area contributed by atoms with Crippen LogP contribution in [0.15, 0.2) is 36.4 Å². The van der Waals surface area contributed by atoms with Gasteiger partial charge in [0, 0.05) is 5.69 Å². The molecular weight excluding hydrogens is 264 g/mol. The first-order valence-corrected chi connectivity index (χ1v) is 6.93. The van der Waals surface area contributed by atoms with Gasteiger partial charge in [0.2, 0.25) is 0 Å². The Morgan fingerprint density at radius 3 is 2.38 bits per heavy atom. The topological polar surface area (TPSA) is 64.3 Å². The second kappa shape index (κ2) is 6.31. The van der Waals surface area contributed by atoms with Crippen LogP contribution >= 0.6 is 0 Å². The molecule has 21 heavy (non-hydrogen) atoms. The van der Waals surface area contributed by atoms with E-state index in [4.69, 9.17) is 10.5 Å². The molecule has 4 nitrogen and oxygen atoms in total. The average Bonchev–Trinajstić information content (AvgIpc) is 2.45. The molecule has 0 aliphatic heterocycles. The molecule has 0 atom stereocenters. The molecule has 110 valence electrons. The molecule has 1 amide bonds. The maximum atomic E-state index is 12.5. The molecule has 0 heterocycles. The minimum atomic E-state index is -0.219. The fraction of sp³-hybridized carbons (Fsp3) is 0.235. The Kier molecular flexibility index (Phi) is 4.48. The standard InChI is InChI=1S/C17H20N2O2/c1-4-21-16-13(9-6-10-14(16)18)17(20)19-15-11(2)7-5-8-12(15)3/h5-10H,4,18H2,1-3H3,(H,19,20). The van der Waals surface area contributed by atoms with Crippen molar-refractivity contribution < 1.29 is 9.53 Å². The first-order valence-electron chi connectivity index (χ1n) is 6.93. The molecule has 0 spiro atoms. The summed E-state index contributed by atoms with van der Waals surface area (Å²) in [6.07, 6.45) is 0. The summed E-state index contributed by atoms with van der Waals surface area (Å²) in [5.41, 5.74) is 9.67. The van der Waals surface area contributed by atoms with Crippen LogP contribution in [0.5, 0.6) is 5.75 Å². The number of nitrogen functional groups attached to an aromatic ring is 1. The van der Waals surface area contributed by atoms with Crippen LogP contribution in [0.2, 0.25) is 0 Å². The lowest BCUT2D eigenvalue weighted by Crippen LogP contribution is -2.16. The lowest BCUT2D eigenvalue weighted by molar-refractivity contribution is 0.102. The molecule has 0 aliphatic rings. The van der Waals surface area contributed by atoms with Gasteiger partial charge >= 0.3 is 0 Å². The Morgan fingerprint density at radius 1 is 1.14 bits per heavy atom. The van der Waals surface area contributed by atoms with Gasteiger partial charge in [-0.2, -0.15) is 0 Å².